The van der Waals surface area contributed by atoms with Crippen LogP contribution in [0.5, 0.6) is 0 Å². The Balaban J connectivity index is 3.19. The molecule has 6 heteroatoms. The maximum absolute atomic E-state index is 11.0. The van der Waals surface area contributed by atoms with Crippen LogP contribution in [0.15, 0.2) is 18.3 Å². The highest BCUT2D eigenvalue weighted by Crippen LogP contribution is 2.04. The van der Waals surface area contributed by atoms with Crippen molar-refractivity contribution in [3.8, 4) is 0 Å². The van der Waals surface area contributed by atoms with Gasteiger partial charge in [-0.25, -0.2) is 10.6 Å². The van der Waals surface area contributed by atoms with Crippen LogP contribution in [0, 0.1) is 0 Å². The highest BCUT2D eigenvalue weighted by Gasteiger charge is 2.15. The molecule has 0 bridgehead atoms. The molecule has 4 N–H and O–H groups in total. The molecular formula is C7H7N3O3. The zero-order valence-corrected chi connectivity index (χ0v) is 6.52. The summed E-state index contributed by atoms with van der Waals surface area (Å²) in [7, 11) is 0. The Morgan fingerprint density at radius 2 is 2.23 bits per heavy atom. The van der Waals surface area contributed by atoms with Gasteiger partial charge in [-0.05, 0) is 12.1 Å². The van der Waals surface area contributed by atoms with Crippen molar-refractivity contribution in [2.45, 2.75) is 0 Å². The number of carboxylic acids is 1. The van der Waals surface area contributed by atoms with Crippen LogP contribution in [0.3, 0.4) is 0 Å². The van der Waals surface area contributed by atoms with Gasteiger partial charge in [0.05, 0.1) is 5.56 Å². The fourth-order valence-corrected chi connectivity index (χ4v) is 0.827. The van der Waals surface area contributed by atoms with Crippen molar-refractivity contribution in [1.29, 1.82) is 0 Å². The molecule has 0 aliphatic rings. The number of hydrogen-bond acceptors (Lipinski definition) is 4. The van der Waals surface area contributed by atoms with Crippen LogP contribution in [0.25, 0.3) is 0 Å². The summed E-state index contributed by atoms with van der Waals surface area (Å²) in [5, 5.41) is 8.65. The number of carboxylic acid groups (broad SMARTS) is 1. The van der Waals surface area contributed by atoms with E-state index in [0.29, 0.717) is 0 Å². The average molecular weight is 181 g/mol. The summed E-state index contributed by atoms with van der Waals surface area (Å²) in [6, 6.07) is 2.71. The van der Waals surface area contributed by atoms with E-state index < -0.39 is 11.9 Å². The van der Waals surface area contributed by atoms with Gasteiger partial charge < -0.3 is 5.11 Å². The van der Waals surface area contributed by atoms with Crippen LogP contribution in [0.4, 0.5) is 0 Å². The predicted molar refractivity (Wildman–Crippen MR) is 42.8 cm³/mol. The van der Waals surface area contributed by atoms with Crippen molar-refractivity contribution in [1.82, 2.24) is 10.4 Å². The van der Waals surface area contributed by atoms with Crippen LogP contribution < -0.4 is 11.3 Å². The van der Waals surface area contributed by atoms with E-state index in [4.69, 9.17) is 10.9 Å². The van der Waals surface area contributed by atoms with Gasteiger partial charge in [0, 0.05) is 6.20 Å². The number of aromatic carboxylic acids is 1. The van der Waals surface area contributed by atoms with Crippen LogP contribution in [0.2, 0.25) is 0 Å². The average Bonchev–Trinajstić information content (AvgIpc) is 2.16. The van der Waals surface area contributed by atoms with Gasteiger partial charge in [-0.15, -0.1) is 0 Å². The molecule has 0 unspecified atom stereocenters. The van der Waals surface area contributed by atoms with Gasteiger partial charge in [0.15, 0.2) is 0 Å². The van der Waals surface area contributed by atoms with Crippen molar-refractivity contribution in [2.75, 3.05) is 0 Å². The molecule has 0 aromatic carbocycles. The summed E-state index contributed by atoms with van der Waals surface area (Å²) >= 11 is 0. The second-order valence-electron chi connectivity index (χ2n) is 2.18. The van der Waals surface area contributed by atoms with Crippen LogP contribution in [-0.4, -0.2) is 22.0 Å². The van der Waals surface area contributed by atoms with Gasteiger partial charge in [-0.1, -0.05) is 0 Å². The normalized spacial score (nSPS) is 9.31. The third-order valence-corrected chi connectivity index (χ3v) is 1.38. The van der Waals surface area contributed by atoms with Gasteiger partial charge in [-0.2, -0.15) is 0 Å². The first-order valence-electron chi connectivity index (χ1n) is 3.36. The van der Waals surface area contributed by atoms with E-state index in [2.05, 4.69) is 4.98 Å². The van der Waals surface area contributed by atoms with E-state index in [1.165, 1.54) is 18.3 Å². The third kappa shape index (κ3) is 1.79. The molecule has 6 nitrogen and oxygen atoms in total. The minimum Gasteiger partial charge on any atom is -0.478 e. The molecule has 0 radical (unpaired) electrons. The second-order valence-corrected chi connectivity index (χ2v) is 2.18. The Morgan fingerprint density at radius 3 is 2.77 bits per heavy atom. The molecular weight excluding hydrogens is 174 g/mol. The molecule has 1 heterocycles. The molecule has 0 saturated carbocycles. The molecule has 1 aromatic rings. The lowest BCUT2D eigenvalue weighted by Crippen LogP contribution is -2.32. The number of hydrazine groups is 1. The fourth-order valence-electron chi connectivity index (χ4n) is 0.827. The highest BCUT2D eigenvalue weighted by molar-refractivity contribution is 6.02. The van der Waals surface area contributed by atoms with Crippen molar-refractivity contribution in [3.63, 3.8) is 0 Å². The Labute approximate surface area is 73.4 Å². The van der Waals surface area contributed by atoms with E-state index in [9.17, 15) is 9.59 Å². The molecule has 68 valence electrons. The van der Waals surface area contributed by atoms with Crippen molar-refractivity contribution in [3.05, 3.63) is 29.6 Å². The number of nitrogens with two attached hydrogens (primary N) is 1. The Kier molecular flexibility index (Phi) is 2.56. The third-order valence-electron chi connectivity index (χ3n) is 1.38. The molecule has 0 fully saturated rings. The summed E-state index contributed by atoms with van der Waals surface area (Å²) in [5.74, 6) is 2.90. The van der Waals surface area contributed by atoms with Gasteiger partial charge in [-0.3, -0.25) is 15.2 Å². The number of carbonyl (C=O) groups is 2. The number of nitrogens with zero attached hydrogens (tertiary/aromatic N) is 1. The lowest BCUT2D eigenvalue weighted by atomic mass is 10.2. The van der Waals surface area contributed by atoms with Crippen molar-refractivity contribution >= 4 is 11.9 Å². The molecule has 0 aliphatic heterocycles. The first-order valence-corrected chi connectivity index (χ1v) is 3.36. The molecule has 1 amide bonds. The topological polar surface area (TPSA) is 105 Å². The summed E-state index contributed by atoms with van der Waals surface area (Å²) < 4.78 is 0. The van der Waals surface area contributed by atoms with Crippen molar-refractivity contribution < 1.29 is 14.7 Å². The second kappa shape index (κ2) is 3.63. The molecule has 1 rings (SSSR count). The quantitative estimate of drug-likeness (QED) is 0.320. The summed E-state index contributed by atoms with van der Waals surface area (Å²) in [5.41, 5.74) is 1.44. The number of pyridine rings is 1. The van der Waals surface area contributed by atoms with Crippen LogP contribution in [0.1, 0.15) is 20.8 Å². The summed E-state index contributed by atoms with van der Waals surface area (Å²) in [6.07, 6.45) is 1.32. The first-order chi connectivity index (χ1) is 6.16. The molecule has 1 aromatic heterocycles. The largest absolute Gasteiger partial charge is 0.478 e. The molecule has 0 spiro atoms. The number of hydrogen-bond donors (Lipinski definition) is 3. The zero-order chi connectivity index (χ0) is 9.84. The van der Waals surface area contributed by atoms with Crippen LogP contribution >= 0.6 is 0 Å². The fraction of sp³-hybridized carbons (Fsp3) is 0. The number of carbonyl (C=O) groups excluding carboxylic acids is 1. The van der Waals surface area contributed by atoms with Crippen LogP contribution in [-0.2, 0) is 0 Å². The summed E-state index contributed by atoms with van der Waals surface area (Å²) in [6.45, 7) is 0. The molecule has 0 aliphatic carbocycles. The maximum atomic E-state index is 11.0. The Morgan fingerprint density at radius 1 is 1.54 bits per heavy atom. The number of nitrogen functional groups attached to an aromatic ring is 1. The van der Waals surface area contributed by atoms with E-state index in [0.717, 1.165) is 0 Å². The lowest BCUT2D eigenvalue weighted by Gasteiger charge is -2.01. The number of nitrogens with one attached hydrogen (secondary N) is 1. The predicted octanol–water partition coefficient (Wildman–Crippen LogP) is -0.617. The standard InChI is InChI=1S/C7H7N3O3/c8-10-6(11)5-4(7(12)13)2-1-3-9-5/h1-3H,8H2,(H,10,11)(H,12,13). The van der Waals surface area contributed by atoms with E-state index in [1.54, 1.807) is 0 Å². The SMILES string of the molecule is NNC(=O)c1ncccc1C(=O)O. The van der Waals surface area contributed by atoms with E-state index in [-0.39, 0.29) is 11.3 Å². The zero-order valence-electron chi connectivity index (χ0n) is 6.52. The van der Waals surface area contributed by atoms with Gasteiger partial charge >= 0.3 is 5.97 Å². The van der Waals surface area contributed by atoms with E-state index >= 15 is 0 Å². The highest BCUT2D eigenvalue weighted by atomic mass is 16.4. The van der Waals surface area contributed by atoms with Gasteiger partial charge in [0.25, 0.3) is 5.91 Å². The molecule has 13 heavy (non-hydrogen) atoms. The minimum atomic E-state index is -1.22. The minimum absolute atomic E-state index is 0.176. The van der Waals surface area contributed by atoms with E-state index in [1.807, 2.05) is 5.43 Å². The number of rotatable bonds is 2. The number of amides is 1. The Hall–Kier alpha value is -1.95. The van der Waals surface area contributed by atoms with Gasteiger partial charge in [0.1, 0.15) is 5.69 Å². The molecule has 0 saturated heterocycles. The first kappa shape index (κ1) is 9.14. The molecule has 0 atom stereocenters. The monoisotopic (exact) mass is 181 g/mol. The Bertz CT molecular complexity index is 351. The number of aromatic nitrogens is 1. The smallest absolute Gasteiger partial charge is 0.338 e. The lowest BCUT2D eigenvalue weighted by molar-refractivity contribution is 0.0690. The van der Waals surface area contributed by atoms with Gasteiger partial charge in [0.2, 0.25) is 0 Å². The van der Waals surface area contributed by atoms with Crippen molar-refractivity contribution in [2.24, 2.45) is 5.84 Å². The summed E-state index contributed by atoms with van der Waals surface area (Å²) in [4.78, 5) is 25.2. The maximum Gasteiger partial charge on any atom is 0.338 e.